The number of esters is 1. The normalized spacial score (nSPS) is 15.2. The first-order valence-corrected chi connectivity index (χ1v) is 11.3. The Bertz CT molecular complexity index is 1410. The number of para-hydroxylation sites is 2. The van der Waals surface area contributed by atoms with E-state index in [1.54, 1.807) is 24.3 Å². The largest absolute Gasteiger partial charge is 0.459 e. The molecule has 0 unspecified atom stereocenters. The fourth-order valence-electron chi connectivity index (χ4n) is 4.39. The van der Waals surface area contributed by atoms with E-state index >= 15 is 0 Å². The molecule has 0 bridgehead atoms. The van der Waals surface area contributed by atoms with Crippen LogP contribution in [0.4, 0.5) is 19.0 Å². The van der Waals surface area contributed by atoms with Crippen LogP contribution in [0.25, 0.3) is 27.9 Å². The highest BCUT2D eigenvalue weighted by Crippen LogP contribution is 2.38. The molecule has 6 nitrogen and oxygen atoms in total. The van der Waals surface area contributed by atoms with Crippen LogP contribution in [0.5, 0.6) is 0 Å². The minimum atomic E-state index is -4.67. The highest BCUT2D eigenvalue weighted by Gasteiger charge is 2.34. The molecule has 1 fully saturated rings. The van der Waals surface area contributed by atoms with Crippen LogP contribution in [0, 0.1) is 0 Å². The van der Waals surface area contributed by atoms with Gasteiger partial charge in [-0.3, -0.25) is 4.57 Å². The Morgan fingerprint density at radius 2 is 1.74 bits per heavy atom. The zero-order valence-electron chi connectivity index (χ0n) is 17.9. The van der Waals surface area contributed by atoms with Gasteiger partial charge in [-0.25, -0.2) is 14.8 Å². The molecular formula is C24H20ClF3N4O2. The van der Waals surface area contributed by atoms with Crippen LogP contribution < -0.4 is 5.73 Å². The van der Waals surface area contributed by atoms with E-state index in [0.29, 0.717) is 11.0 Å². The summed E-state index contributed by atoms with van der Waals surface area (Å²) in [7, 11) is 0. The molecule has 1 aliphatic carbocycles. The lowest BCUT2D eigenvalue weighted by Crippen LogP contribution is -2.21. The second-order valence-electron chi connectivity index (χ2n) is 8.31. The first-order chi connectivity index (χ1) is 16.2. The van der Waals surface area contributed by atoms with E-state index in [2.05, 4.69) is 9.97 Å². The lowest BCUT2D eigenvalue weighted by atomic mass is 9.98. The molecule has 0 spiro atoms. The molecule has 0 amide bonds. The molecule has 0 saturated heterocycles. The van der Waals surface area contributed by atoms with Crippen molar-refractivity contribution >= 4 is 45.6 Å². The summed E-state index contributed by atoms with van der Waals surface area (Å²) in [5.74, 6) is -0.760. The quantitative estimate of drug-likeness (QED) is 0.341. The van der Waals surface area contributed by atoms with Crippen LogP contribution in [0.2, 0.25) is 5.02 Å². The number of alkyl halides is 3. The SMILES string of the molecule is Nc1c(C(=O)OC2CCCCC2)c2nc3ccccc3nc2n1-c1ccc(Cl)c(C(F)(F)F)c1. The molecule has 0 radical (unpaired) electrons. The van der Waals surface area contributed by atoms with Gasteiger partial charge in [-0.1, -0.05) is 30.2 Å². The van der Waals surface area contributed by atoms with Crippen molar-refractivity contribution < 1.29 is 22.7 Å². The van der Waals surface area contributed by atoms with E-state index in [9.17, 15) is 18.0 Å². The Morgan fingerprint density at radius 1 is 1.06 bits per heavy atom. The molecule has 1 saturated carbocycles. The number of carbonyl (C=O) groups is 1. The summed E-state index contributed by atoms with van der Waals surface area (Å²) in [5.41, 5.74) is 6.75. The minimum Gasteiger partial charge on any atom is -0.459 e. The molecule has 0 aliphatic heterocycles. The summed E-state index contributed by atoms with van der Waals surface area (Å²) in [6.45, 7) is 0. The summed E-state index contributed by atoms with van der Waals surface area (Å²) < 4.78 is 47.6. The number of benzene rings is 2. The standard InChI is InChI=1S/C24H20ClF3N4O2/c25-16-11-10-13(12-15(16)24(26,27)28)32-21(29)19(23(33)34-14-6-2-1-3-7-14)20-22(32)31-18-9-5-4-8-17(18)30-20/h4-5,8-12,14H,1-3,6-7,29H2. The van der Waals surface area contributed by atoms with Gasteiger partial charge in [0.25, 0.3) is 0 Å². The zero-order chi connectivity index (χ0) is 24.0. The Labute approximate surface area is 197 Å². The van der Waals surface area contributed by atoms with Gasteiger partial charge < -0.3 is 10.5 Å². The van der Waals surface area contributed by atoms with Crippen LogP contribution in [0.3, 0.4) is 0 Å². The third-order valence-electron chi connectivity index (χ3n) is 6.04. The number of hydrogen-bond acceptors (Lipinski definition) is 5. The lowest BCUT2D eigenvalue weighted by molar-refractivity contribution is -0.137. The number of nitrogen functional groups attached to an aromatic ring is 1. The molecule has 4 aromatic rings. The first-order valence-electron chi connectivity index (χ1n) is 10.9. The van der Waals surface area contributed by atoms with E-state index in [1.165, 1.54) is 10.6 Å². The lowest BCUT2D eigenvalue weighted by Gasteiger charge is -2.21. The van der Waals surface area contributed by atoms with Crippen molar-refractivity contribution in [1.82, 2.24) is 14.5 Å². The van der Waals surface area contributed by atoms with Crippen molar-refractivity contribution in [1.29, 1.82) is 0 Å². The topological polar surface area (TPSA) is 83.0 Å². The molecule has 2 aromatic carbocycles. The van der Waals surface area contributed by atoms with Crippen molar-refractivity contribution in [3.8, 4) is 5.69 Å². The summed E-state index contributed by atoms with van der Waals surface area (Å²) in [6.07, 6.45) is -0.387. The number of fused-ring (bicyclic) bond motifs is 2. The second-order valence-corrected chi connectivity index (χ2v) is 8.71. The van der Waals surface area contributed by atoms with Crippen molar-refractivity contribution in [2.75, 3.05) is 5.73 Å². The molecule has 176 valence electrons. The van der Waals surface area contributed by atoms with Gasteiger partial charge in [0, 0.05) is 5.69 Å². The highest BCUT2D eigenvalue weighted by atomic mass is 35.5. The van der Waals surface area contributed by atoms with Crippen LogP contribution in [-0.2, 0) is 10.9 Å². The number of ether oxygens (including phenoxy) is 1. The summed E-state index contributed by atoms with van der Waals surface area (Å²) in [5, 5.41) is -0.445. The average molecular weight is 489 g/mol. The van der Waals surface area contributed by atoms with Crippen LogP contribution in [0.1, 0.15) is 48.0 Å². The van der Waals surface area contributed by atoms with Crippen molar-refractivity contribution in [3.05, 3.63) is 58.6 Å². The van der Waals surface area contributed by atoms with Crippen molar-refractivity contribution in [2.24, 2.45) is 0 Å². The number of rotatable bonds is 3. The minimum absolute atomic E-state index is 0.0117. The van der Waals surface area contributed by atoms with Crippen LogP contribution in [0.15, 0.2) is 42.5 Å². The number of anilines is 1. The van der Waals surface area contributed by atoms with Crippen LogP contribution in [-0.4, -0.2) is 26.6 Å². The van der Waals surface area contributed by atoms with E-state index in [0.717, 1.165) is 44.2 Å². The van der Waals surface area contributed by atoms with E-state index in [1.807, 2.05) is 0 Å². The van der Waals surface area contributed by atoms with Gasteiger partial charge in [0.1, 0.15) is 23.0 Å². The summed E-state index contributed by atoms with van der Waals surface area (Å²) in [6, 6.07) is 10.4. The zero-order valence-corrected chi connectivity index (χ0v) is 18.7. The molecule has 10 heteroatoms. The molecule has 2 heterocycles. The van der Waals surface area contributed by atoms with E-state index in [-0.39, 0.29) is 34.3 Å². The van der Waals surface area contributed by atoms with Gasteiger partial charge in [-0.2, -0.15) is 13.2 Å². The maximum absolute atomic E-state index is 13.5. The van der Waals surface area contributed by atoms with Gasteiger partial charge in [-0.05, 0) is 56.0 Å². The fourth-order valence-corrected chi connectivity index (χ4v) is 4.61. The molecular weight excluding hydrogens is 469 g/mol. The number of aromatic nitrogens is 3. The smallest absolute Gasteiger partial charge is 0.417 e. The highest BCUT2D eigenvalue weighted by molar-refractivity contribution is 6.31. The molecule has 5 rings (SSSR count). The average Bonchev–Trinajstić information content (AvgIpc) is 3.08. The van der Waals surface area contributed by atoms with E-state index in [4.69, 9.17) is 22.1 Å². The molecule has 34 heavy (non-hydrogen) atoms. The van der Waals surface area contributed by atoms with Gasteiger partial charge >= 0.3 is 12.1 Å². The number of hydrogen-bond donors (Lipinski definition) is 1. The van der Waals surface area contributed by atoms with Crippen LogP contribution >= 0.6 is 11.6 Å². The number of nitrogens with zero attached hydrogens (tertiary/aromatic N) is 3. The monoisotopic (exact) mass is 488 g/mol. The van der Waals surface area contributed by atoms with Crippen molar-refractivity contribution in [2.45, 2.75) is 44.4 Å². The predicted octanol–water partition coefficient (Wildman–Crippen LogP) is 6.32. The molecule has 0 atom stereocenters. The molecule has 1 aliphatic rings. The Kier molecular flexibility index (Phi) is 5.59. The van der Waals surface area contributed by atoms with Gasteiger partial charge in [0.05, 0.1) is 21.6 Å². The van der Waals surface area contributed by atoms with Gasteiger partial charge in [0.2, 0.25) is 0 Å². The fraction of sp³-hybridized carbons (Fsp3) is 0.292. The van der Waals surface area contributed by atoms with Gasteiger partial charge in [0.15, 0.2) is 5.65 Å². The first kappa shape index (κ1) is 22.5. The number of carbonyl (C=O) groups excluding carboxylic acids is 1. The molecule has 2 aromatic heterocycles. The number of halogens is 4. The Hall–Kier alpha value is -3.33. The third kappa shape index (κ3) is 3.94. The molecule has 2 N–H and O–H groups in total. The maximum atomic E-state index is 13.5. The Balaban J connectivity index is 1.73. The predicted molar refractivity (Wildman–Crippen MR) is 123 cm³/mol. The van der Waals surface area contributed by atoms with Crippen molar-refractivity contribution in [3.63, 3.8) is 0 Å². The summed E-state index contributed by atoms with van der Waals surface area (Å²) in [4.78, 5) is 22.4. The van der Waals surface area contributed by atoms with Gasteiger partial charge in [-0.15, -0.1) is 0 Å². The Morgan fingerprint density at radius 3 is 2.41 bits per heavy atom. The third-order valence-corrected chi connectivity index (χ3v) is 6.37. The second kappa shape index (κ2) is 8.47. The maximum Gasteiger partial charge on any atom is 0.417 e. The summed E-state index contributed by atoms with van der Waals surface area (Å²) >= 11 is 5.81. The van der Waals surface area contributed by atoms with E-state index < -0.39 is 22.7 Å². The number of nitrogens with two attached hydrogens (primary N) is 1.